The fourth-order valence-electron chi connectivity index (χ4n) is 3.20. The lowest BCUT2D eigenvalue weighted by molar-refractivity contribution is 0.709. The SMILES string of the molecule is Cn1cc([C@@H]2CCCN2c2ncnc3ccccc23)cn1. The minimum atomic E-state index is 0.358. The molecule has 1 aliphatic rings. The van der Waals surface area contributed by atoms with E-state index in [1.807, 2.05) is 36.1 Å². The molecule has 0 unspecified atom stereocenters. The van der Waals surface area contributed by atoms with Gasteiger partial charge in [0.15, 0.2) is 0 Å². The lowest BCUT2D eigenvalue weighted by atomic mass is 10.1. The first-order chi connectivity index (χ1) is 10.3. The molecule has 3 aromatic rings. The van der Waals surface area contributed by atoms with Crippen LogP contribution >= 0.6 is 0 Å². The van der Waals surface area contributed by atoms with Gasteiger partial charge >= 0.3 is 0 Å². The van der Waals surface area contributed by atoms with Crippen molar-refractivity contribution < 1.29 is 0 Å². The molecule has 2 aromatic heterocycles. The third kappa shape index (κ3) is 2.05. The maximum atomic E-state index is 4.56. The van der Waals surface area contributed by atoms with E-state index in [0.717, 1.165) is 29.7 Å². The molecule has 4 rings (SSSR count). The zero-order chi connectivity index (χ0) is 14.2. The lowest BCUT2D eigenvalue weighted by Crippen LogP contribution is -2.23. The summed E-state index contributed by atoms with van der Waals surface area (Å²) in [4.78, 5) is 11.3. The van der Waals surface area contributed by atoms with E-state index < -0.39 is 0 Å². The summed E-state index contributed by atoms with van der Waals surface area (Å²) in [5.41, 5.74) is 2.26. The molecule has 5 heteroatoms. The Morgan fingerprint density at radius 2 is 2.10 bits per heavy atom. The second-order valence-electron chi connectivity index (χ2n) is 5.51. The Bertz CT molecular complexity index is 774. The molecule has 0 radical (unpaired) electrons. The van der Waals surface area contributed by atoms with Gasteiger partial charge in [-0.05, 0) is 25.0 Å². The molecule has 1 saturated heterocycles. The minimum absolute atomic E-state index is 0.358. The first-order valence-electron chi connectivity index (χ1n) is 7.28. The topological polar surface area (TPSA) is 46.8 Å². The summed E-state index contributed by atoms with van der Waals surface area (Å²) in [7, 11) is 1.96. The van der Waals surface area contributed by atoms with Crippen molar-refractivity contribution in [3.8, 4) is 0 Å². The van der Waals surface area contributed by atoms with Gasteiger partial charge in [0.25, 0.3) is 0 Å². The van der Waals surface area contributed by atoms with E-state index in [-0.39, 0.29) is 0 Å². The Morgan fingerprint density at radius 1 is 1.19 bits per heavy atom. The summed E-state index contributed by atoms with van der Waals surface area (Å²) < 4.78 is 1.86. The Morgan fingerprint density at radius 3 is 2.95 bits per heavy atom. The first kappa shape index (κ1) is 12.3. The molecule has 21 heavy (non-hydrogen) atoms. The molecule has 1 fully saturated rings. The van der Waals surface area contributed by atoms with Crippen LogP contribution in [0.3, 0.4) is 0 Å². The van der Waals surface area contributed by atoms with E-state index in [1.165, 1.54) is 12.0 Å². The Kier molecular flexibility index (Phi) is 2.84. The number of fused-ring (bicyclic) bond motifs is 1. The van der Waals surface area contributed by atoms with Crippen LogP contribution in [-0.4, -0.2) is 26.3 Å². The Hall–Kier alpha value is -2.43. The van der Waals surface area contributed by atoms with Crippen LogP contribution in [-0.2, 0) is 7.05 Å². The molecule has 1 atom stereocenters. The van der Waals surface area contributed by atoms with Crippen molar-refractivity contribution in [3.05, 3.63) is 48.5 Å². The number of hydrogen-bond acceptors (Lipinski definition) is 4. The number of rotatable bonds is 2. The number of hydrogen-bond donors (Lipinski definition) is 0. The monoisotopic (exact) mass is 279 g/mol. The third-order valence-corrected chi connectivity index (χ3v) is 4.16. The lowest BCUT2D eigenvalue weighted by Gasteiger charge is -2.25. The van der Waals surface area contributed by atoms with Gasteiger partial charge < -0.3 is 4.90 Å². The van der Waals surface area contributed by atoms with Crippen LogP contribution in [0.25, 0.3) is 10.9 Å². The largest absolute Gasteiger partial charge is 0.349 e. The standard InChI is InChI=1S/C16H17N5/c1-20-10-12(9-19-20)15-7-4-8-21(15)16-13-5-2-3-6-14(13)17-11-18-16/h2-3,5-6,9-11,15H,4,7-8H2,1H3/t15-/m0/s1. The fourth-order valence-corrected chi connectivity index (χ4v) is 3.20. The van der Waals surface area contributed by atoms with Crippen LogP contribution in [0.15, 0.2) is 43.0 Å². The van der Waals surface area contributed by atoms with Gasteiger partial charge in [0.2, 0.25) is 0 Å². The number of nitrogens with zero attached hydrogens (tertiary/aromatic N) is 5. The highest BCUT2D eigenvalue weighted by Crippen LogP contribution is 2.37. The average Bonchev–Trinajstić information content (AvgIpc) is 3.15. The summed E-state index contributed by atoms with van der Waals surface area (Å²) in [5, 5.41) is 5.43. The van der Waals surface area contributed by atoms with Gasteiger partial charge in [-0.1, -0.05) is 12.1 Å². The maximum Gasteiger partial charge on any atom is 0.140 e. The number of para-hydroxylation sites is 1. The molecule has 3 heterocycles. The van der Waals surface area contributed by atoms with Crippen LogP contribution < -0.4 is 4.90 Å². The second-order valence-corrected chi connectivity index (χ2v) is 5.51. The van der Waals surface area contributed by atoms with Crippen molar-refractivity contribution in [2.24, 2.45) is 7.05 Å². The van der Waals surface area contributed by atoms with E-state index in [4.69, 9.17) is 0 Å². The third-order valence-electron chi connectivity index (χ3n) is 4.16. The number of anilines is 1. The molecule has 0 aliphatic carbocycles. The summed E-state index contributed by atoms with van der Waals surface area (Å²) >= 11 is 0. The molecule has 0 N–H and O–H groups in total. The van der Waals surface area contributed by atoms with Gasteiger partial charge in [-0.2, -0.15) is 5.10 Å². The van der Waals surface area contributed by atoms with Gasteiger partial charge in [0, 0.05) is 30.7 Å². The van der Waals surface area contributed by atoms with Gasteiger partial charge in [-0.15, -0.1) is 0 Å². The molecule has 5 nitrogen and oxygen atoms in total. The zero-order valence-corrected chi connectivity index (χ0v) is 12.0. The van der Waals surface area contributed by atoms with E-state index in [9.17, 15) is 0 Å². The van der Waals surface area contributed by atoms with Gasteiger partial charge in [0.05, 0.1) is 17.8 Å². The molecule has 1 aromatic carbocycles. The molecule has 0 amide bonds. The number of aryl methyl sites for hydroxylation is 1. The molecule has 1 aliphatic heterocycles. The fraction of sp³-hybridized carbons (Fsp3) is 0.312. The van der Waals surface area contributed by atoms with Crippen LogP contribution in [0.4, 0.5) is 5.82 Å². The average molecular weight is 279 g/mol. The highest BCUT2D eigenvalue weighted by Gasteiger charge is 2.29. The molecule has 106 valence electrons. The number of aromatic nitrogens is 4. The normalized spacial score (nSPS) is 18.5. The highest BCUT2D eigenvalue weighted by molar-refractivity contribution is 5.89. The van der Waals surface area contributed by atoms with Crippen molar-refractivity contribution in [2.75, 3.05) is 11.4 Å². The van der Waals surface area contributed by atoms with E-state index in [1.54, 1.807) is 6.33 Å². The minimum Gasteiger partial charge on any atom is -0.349 e. The Labute approximate surface area is 123 Å². The quantitative estimate of drug-likeness (QED) is 0.723. The van der Waals surface area contributed by atoms with E-state index in [2.05, 4.69) is 32.2 Å². The first-order valence-corrected chi connectivity index (χ1v) is 7.28. The molecular formula is C16H17N5. The van der Waals surface area contributed by atoms with Crippen molar-refractivity contribution in [2.45, 2.75) is 18.9 Å². The van der Waals surface area contributed by atoms with Crippen molar-refractivity contribution >= 4 is 16.7 Å². The van der Waals surface area contributed by atoms with Gasteiger partial charge in [-0.25, -0.2) is 9.97 Å². The Balaban J connectivity index is 1.80. The van der Waals surface area contributed by atoms with Crippen molar-refractivity contribution in [1.82, 2.24) is 19.7 Å². The molecular weight excluding hydrogens is 262 g/mol. The smallest absolute Gasteiger partial charge is 0.140 e. The van der Waals surface area contributed by atoms with Crippen LogP contribution in [0.1, 0.15) is 24.4 Å². The summed E-state index contributed by atoms with van der Waals surface area (Å²) in [6.07, 6.45) is 8.05. The highest BCUT2D eigenvalue weighted by atomic mass is 15.3. The maximum absolute atomic E-state index is 4.56. The predicted molar refractivity (Wildman–Crippen MR) is 82.1 cm³/mol. The van der Waals surface area contributed by atoms with E-state index >= 15 is 0 Å². The van der Waals surface area contributed by atoms with Crippen molar-refractivity contribution in [3.63, 3.8) is 0 Å². The van der Waals surface area contributed by atoms with Gasteiger partial charge in [-0.3, -0.25) is 4.68 Å². The summed E-state index contributed by atoms with van der Waals surface area (Å²) in [6.45, 7) is 1.03. The van der Waals surface area contributed by atoms with Crippen LogP contribution in [0.5, 0.6) is 0 Å². The second kappa shape index (κ2) is 4.84. The van der Waals surface area contributed by atoms with Crippen molar-refractivity contribution in [1.29, 1.82) is 0 Å². The molecule has 0 bridgehead atoms. The van der Waals surface area contributed by atoms with E-state index in [0.29, 0.717) is 6.04 Å². The summed E-state index contributed by atoms with van der Waals surface area (Å²) in [6, 6.07) is 8.56. The summed E-state index contributed by atoms with van der Waals surface area (Å²) in [5.74, 6) is 1.03. The molecule has 0 saturated carbocycles. The molecule has 0 spiro atoms. The van der Waals surface area contributed by atoms with Crippen LogP contribution in [0.2, 0.25) is 0 Å². The predicted octanol–water partition coefficient (Wildman–Crippen LogP) is 2.70. The number of benzene rings is 1. The van der Waals surface area contributed by atoms with Crippen LogP contribution in [0, 0.1) is 0 Å². The zero-order valence-electron chi connectivity index (χ0n) is 12.0. The van der Waals surface area contributed by atoms with Gasteiger partial charge in [0.1, 0.15) is 12.1 Å².